The van der Waals surface area contributed by atoms with E-state index in [-0.39, 0.29) is 12.6 Å². The first kappa shape index (κ1) is 12.5. The summed E-state index contributed by atoms with van der Waals surface area (Å²) in [5.41, 5.74) is 1.97. The molecule has 0 saturated carbocycles. The van der Waals surface area contributed by atoms with E-state index >= 15 is 0 Å². The molecule has 0 radical (unpaired) electrons. The van der Waals surface area contributed by atoms with Crippen LogP contribution in [0.3, 0.4) is 0 Å². The summed E-state index contributed by atoms with van der Waals surface area (Å²) in [6, 6.07) is 7.53. The standard InChI is InChI=1S/C12H18N2O2/c1-3-10-5-4-6-11(9-10)13-12(16)14(2)7-8-15/h4-6,9,15H,3,7-8H2,1-2H3,(H,13,16). The maximum atomic E-state index is 11.6. The van der Waals surface area contributed by atoms with E-state index in [2.05, 4.69) is 12.2 Å². The second-order valence-electron chi connectivity index (χ2n) is 3.63. The van der Waals surface area contributed by atoms with E-state index in [0.717, 1.165) is 12.1 Å². The number of hydrogen-bond acceptors (Lipinski definition) is 2. The normalized spacial score (nSPS) is 9.94. The first-order valence-corrected chi connectivity index (χ1v) is 5.39. The number of aryl methyl sites for hydroxylation is 1. The van der Waals surface area contributed by atoms with Crippen LogP contribution in [0.5, 0.6) is 0 Å². The van der Waals surface area contributed by atoms with Crippen molar-refractivity contribution in [2.75, 3.05) is 25.5 Å². The number of rotatable bonds is 4. The Morgan fingerprint density at radius 2 is 2.25 bits per heavy atom. The summed E-state index contributed by atoms with van der Waals surface area (Å²) in [6.45, 7) is 2.37. The number of aliphatic hydroxyl groups excluding tert-OH is 1. The van der Waals surface area contributed by atoms with Crippen molar-refractivity contribution in [3.63, 3.8) is 0 Å². The number of urea groups is 1. The Kier molecular flexibility index (Phi) is 4.79. The Morgan fingerprint density at radius 1 is 1.50 bits per heavy atom. The van der Waals surface area contributed by atoms with E-state index in [1.54, 1.807) is 7.05 Å². The molecular weight excluding hydrogens is 204 g/mol. The van der Waals surface area contributed by atoms with Gasteiger partial charge in [0.15, 0.2) is 0 Å². The molecule has 16 heavy (non-hydrogen) atoms. The number of aliphatic hydroxyl groups is 1. The summed E-state index contributed by atoms with van der Waals surface area (Å²) < 4.78 is 0. The topological polar surface area (TPSA) is 52.6 Å². The Morgan fingerprint density at radius 3 is 2.88 bits per heavy atom. The minimum absolute atomic E-state index is 0.0288. The molecule has 88 valence electrons. The third-order valence-electron chi connectivity index (χ3n) is 2.37. The molecule has 0 unspecified atom stereocenters. The third kappa shape index (κ3) is 3.55. The van der Waals surface area contributed by atoms with Crippen LogP contribution in [0, 0.1) is 0 Å². The number of nitrogens with zero attached hydrogens (tertiary/aromatic N) is 1. The largest absolute Gasteiger partial charge is 0.395 e. The van der Waals surface area contributed by atoms with Crippen molar-refractivity contribution in [3.05, 3.63) is 29.8 Å². The van der Waals surface area contributed by atoms with Crippen LogP contribution in [-0.2, 0) is 6.42 Å². The van der Waals surface area contributed by atoms with E-state index in [1.165, 1.54) is 10.5 Å². The van der Waals surface area contributed by atoms with Gasteiger partial charge >= 0.3 is 6.03 Å². The van der Waals surface area contributed by atoms with E-state index in [0.29, 0.717) is 6.54 Å². The van der Waals surface area contributed by atoms with Crippen molar-refractivity contribution in [1.82, 2.24) is 4.90 Å². The molecule has 2 amide bonds. The van der Waals surface area contributed by atoms with Crippen molar-refractivity contribution in [1.29, 1.82) is 0 Å². The molecule has 4 nitrogen and oxygen atoms in total. The van der Waals surface area contributed by atoms with Gasteiger partial charge in [0, 0.05) is 19.3 Å². The van der Waals surface area contributed by atoms with E-state index < -0.39 is 0 Å². The second kappa shape index (κ2) is 6.12. The summed E-state index contributed by atoms with van der Waals surface area (Å²) in [7, 11) is 1.65. The second-order valence-corrected chi connectivity index (χ2v) is 3.63. The van der Waals surface area contributed by atoms with Crippen molar-refractivity contribution in [2.24, 2.45) is 0 Å². The molecule has 0 saturated heterocycles. The Bertz CT molecular complexity index is 353. The van der Waals surface area contributed by atoms with Crippen molar-refractivity contribution >= 4 is 11.7 Å². The maximum Gasteiger partial charge on any atom is 0.321 e. The van der Waals surface area contributed by atoms with E-state index in [1.807, 2.05) is 24.3 Å². The molecule has 0 aliphatic rings. The number of carbonyl (C=O) groups excluding carboxylic acids is 1. The van der Waals surface area contributed by atoms with E-state index in [9.17, 15) is 4.79 Å². The predicted octanol–water partition coefficient (Wildman–Crippen LogP) is 1.70. The summed E-state index contributed by atoms with van der Waals surface area (Å²) >= 11 is 0. The first-order chi connectivity index (χ1) is 7.67. The van der Waals surface area contributed by atoms with Crippen molar-refractivity contribution in [3.8, 4) is 0 Å². The highest BCUT2D eigenvalue weighted by atomic mass is 16.3. The summed E-state index contributed by atoms with van der Waals surface area (Å²) in [5, 5.41) is 11.5. The minimum Gasteiger partial charge on any atom is -0.395 e. The SMILES string of the molecule is CCc1cccc(NC(=O)N(C)CCO)c1. The van der Waals surface area contributed by atoms with E-state index in [4.69, 9.17) is 5.11 Å². The number of hydrogen-bond donors (Lipinski definition) is 2. The number of likely N-dealkylation sites (N-methyl/N-ethyl adjacent to an activating group) is 1. The molecule has 0 aliphatic carbocycles. The fourth-order valence-electron chi connectivity index (χ4n) is 1.34. The highest BCUT2D eigenvalue weighted by molar-refractivity contribution is 5.89. The molecule has 0 heterocycles. The van der Waals surface area contributed by atoms with Gasteiger partial charge in [-0.1, -0.05) is 19.1 Å². The summed E-state index contributed by atoms with van der Waals surface area (Å²) in [5.74, 6) is 0. The molecule has 1 aromatic carbocycles. The van der Waals surface area contributed by atoms with Crippen LogP contribution < -0.4 is 5.32 Å². The van der Waals surface area contributed by atoms with Gasteiger partial charge in [-0.3, -0.25) is 0 Å². The predicted molar refractivity (Wildman–Crippen MR) is 64.6 cm³/mol. The fraction of sp³-hybridized carbons (Fsp3) is 0.417. The Hall–Kier alpha value is -1.55. The van der Waals surface area contributed by atoms with Crippen LogP contribution in [0.15, 0.2) is 24.3 Å². The zero-order valence-electron chi connectivity index (χ0n) is 9.73. The number of benzene rings is 1. The third-order valence-corrected chi connectivity index (χ3v) is 2.37. The van der Waals surface area contributed by atoms with Crippen LogP contribution in [0.25, 0.3) is 0 Å². The zero-order valence-corrected chi connectivity index (χ0v) is 9.73. The Labute approximate surface area is 95.9 Å². The van der Waals surface area contributed by atoms with Crippen LogP contribution in [0.1, 0.15) is 12.5 Å². The monoisotopic (exact) mass is 222 g/mol. The Balaban J connectivity index is 2.61. The molecule has 0 aliphatic heterocycles. The lowest BCUT2D eigenvalue weighted by molar-refractivity contribution is 0.202. The lowest BCUT2D eigenvalue weighted by atomic mass is 10.1. The number of amides is 2. The molecule has 0 atom stereocenters. The van der Waals surface area contributed by atoms with Gasteiger partial charge in [0.05, 0.1) is 6.61 Å². The molecule has 4 heteroatoms. The van der Waals surface area contributed by atoms with Crippen LogP contribution in [-0.4, -0.2) is 36.2 Å². The quantitative estimate of drug-likeness (QED) is 0.814. The average Bonchev–Trinajstić information content (AvgIpc) is 2.29. The lowest BCUT2D eigenvalue weighted by Crippen LogP contribution is -2.33. The molecule has 0 bridgehead atoms. The van der Waals surface area contributed by atoms with Crippen molar-refractivity contribution < 1.29 is 9.90 Å². The number of carbonyl (C=O) groups is 1. The minimum atomic E-state index is -0.206. The van der Waals surface area contributed by atoms with Gasteiger partial charge in [-0.15, -0.1) is 0 Å². The number of nitrogens with one attached hydrogen (secondary N) is 1. The van der Waals surface area contributed by atoms with Gasteiger partial charge < -0.3 is 15.3 Å². The highest BCUT2D eigenvalue weighted by Gasteiger charge is 2.07. The average molecular weight is 222 g/mol. The van der Waals surface area contributed by atoms with Gasteiger partial charge in [-0.25, -0.2) is 4.79 Å². The molecular formula is C12H18N2O2. The van der Waals surface area contributed by atoms with Crippen molar-refractivity contribution in [2.45, 2.75) is 13.3 Å². The molecule has 1 aromatic rings. The molecule has 0 spiro atoms. The van der Waals surface area contributed by atoms with Gasteiger partial charge in [-0.2, -0.15) is 0 Å². The summed E-state index contributed by atoms with van der Waals surface area (Å²) in [6.07, 6.45) is 0.941. The number of anilines is 1. The van der Waals surface area contributed by atoms with Gasteiger partial charge in [0.2, 0.25) is 0 Å². The van der Waals surface area contributed by atoms with Gasteiger partial charge in [0.25, 0.3) is 0 Å². The smallest absolute Gasteiger partial charge is 0.321 e. The van der Waals surface area contributed by atoms with Gasteiger partial charge in [0.1, 0.15) is 0 Å². The molecule has 0 aromatic heterocycles. The maximum absolute atomic E-state index is 11.6. The fourth-order valence-corrected chi connectivity index (χ4v) is 1.34. The lowest BCUT2D eigenvalue weighted by Gasteiger charge is -2.16. The van der Waals surface area contributed by atoms with Crippen LogP contribution in [0.4, 0.5) is 10.5 Å². The van der Waals surface area contributed by atoms with Crippen LogP contribution >= 0.6 is 0 Å². The summed E-state index contributed by atoms with van der Waals surface area (Å²) in [4.78, 5) is 13.0. The highest BCUT2D eigenvalue weighted by Crippen LogP contribution is 2.11. The molecule has 0 fully saturated rings. The molecule has 1 rings (SSSR count). The van der Waals surface area contributed by atoms with Crippen LogP contribution in [0.2, 0.25) is 0 Å². The first-order valence-electron chi connectivity index (χ1n) is 5.39. The zero-order chi connectivity index (χ0) is 12.0. The molecule has 2 N–H and O–H groups in total. The van der Waals surface area contributed by atoms with Gasteiger partial charge in [-0.05, 0) is 24.1 Å².